The Bertz CT molecular complexity index is 645. The van der Waals surface area contributed by atoms with Gasteiger partial charge in [-0.2, -0.15) is 0 Å². The van der Waals surface area contributed by atoms with Crippen LogP contribution in [0.25, 0.3) is 0 Å². The van der Waals surface area contributed by atoms with Gasteiger partial charge in [0.25, 0.3) is 0 Å². The summed E-state index contributed by atoms with van der Waals surface area (Å²) in [4.78, 5) is 7.42. The fourth-order valence-corrected chi connectivity index (χ4v) is 7.24. The van der Waals surface area contributed by atoms with E-state index in [1.165, 1.54) is 44.1 Å². The van der Waals surface area contributed by atoms with Crippen molar-refractivity contribution in [1.82, 2.24) is 4.90 Å². The molecule has 0 radical (unpaired) electrons. The molecule has 0 amide bonds. The molecule has 0 aliphatic heterocycles. The number of hydrogen-bond donors (Lipinski definition) is 1. The average Bonchev–Trinajstić information content (AvgIpc) is 3.04. The third kappa shape index (κ3) is 3.56. The molecule has 1 N–H and O–H groups in total. The lowest BCUT2D eigenvalue weighted by Gasteiger charge is -2.58. The van der Waals surface area contributed by atoms with Gasteiger partial charge in [0.15, 0.2) is 0 Å². The highest BCUT2D eigenvalue weighted by atomic mass is 16.6. The molecule has 0 bridgehead atoms. The first kappa shape index (κ1) is 20.4. The first-order chi connectivity index (χ1) is 13.3. The Hall–Kier alpha value is -0.870. The van der Waals surface area contributed by atoms with Crippen molar-refractivity contribution in [3.05, 3.63) is 11.6 Å². The molecule has 0 saturated heterocycles. The molecule has 28 heavy (non-hydrogen) atoms. The fraction of sp³-hybridized carbons (Fsp3) is 0.875. The standard InChI is InChI=1S/C24H40N2O2/c1-22-10-5-6-20(22)19-8-7-18-16-24(27,17-25-28-15-14-26(3)4)13-12-23(18,2)21(19)9-11-22/h16-17,19-21,27H,5-15H2,1-4H3/t19-,20-,21-,22-,23-,24-/m0/s1. The molecular formula is C24H40N2O2. The van der Waals surface area contributed by atoms with Crippen LogP contribution in [0.1, 0.15) is 71.6 Å². The third-order valence-corrected chi connectivity index (χ3v) is 8.97. The Kier molecular flexibility index (Phi) is 5.41. The zero-order chi connectivity index (χ0) is 20.0. The molecule has 4 aliphatic carbocycles. The second kappa shape index (κ2) is 7.43. The van der Waals surface area contributed by atoms with Crippen molar-refractivity contribution >= 4 is 6.21 Å². The van der Waals surface area contributed by atoms with Crippen LogP contribution in [0.15, 0.2) is 16.8 Å². The molecule has 0 spiro atoms. The van der Waals surface area contributed by atoms with Crippen LogP contribution >= 0.6 is 0 Å². The monoisotopic (exact) mass is 388 g/mol. The Labute approximate surface area is 171 Å². The number of fused-ring (bicyclic) bond motifs is 5. The zero-order valence-electron chi connectivity index (χ0n) is 18.4. The highest BCUT2D eigenvalue weighted by Crippen LogP contribution is 2.65. The SMILES string of the molecule is CN(C)CCON=C[C@@]1(O)C=C2CC[C@H]3[C@@H]4CCC[C@@]4(C)CC[C@@H]3[C@@]2(C)CC1. The Morgan fingerprint density at radius 1 is 1.14 bits per heavy atom. The van der Waals surface area contributed by atoms with Crippen molar-refractivity contribution in [2.24, 2.45) is 33.7 Å². The van der Waals surface area contributed by atoms with E-state index < -0.39 is 5.60 Å². The summed E-state index contributed by atoms with van der Waals surface area (Å²) in [5.41, 5.74) is 1.45. The van der Waals surface area contributed by atoms with E-state index in [1.807, 2.05) is 14.1 Å². The van der Waals surface area contributed by atoms with Gasteiger partial charge in [0, 0.05) is 6.54 Å². The molecule has 0 aromatic heterocycles. The Morgan fingerprint density at radius 2 is 1.96 bits per heavy atom. The number of likely N-dealkylation sites (N-methyl/N-ethyl adjacent to an activating group) is 1. The summed E-state index contributed by atoms with van der Waals surface area (Å²) in [7, 11) is 4.03. The molecule has 4 rings (SSSR count). The molecule has 0 aromatic carbocycles. The average molecular weight is 389 g/mol. The van der Waals surface area contributed by atoms with Crippen LogP contribution in [0.5, 0.6) is 0 Å². The zero-order valence-corrected chi connectivity index (χ0v) is 18.4. The van der Waals surface area contributed by atoms with Crippen molar-refractivity contribution in [2.75, 3.05) is 27.2 Å². The van der Waals surface area contributed by atoms with Crippen LogP contribution in [0.2, 0.25) is 0 Å². The Morgan fingerprint density at radius 3 is 2.75 bits per heavy atom. The molecule has 3 saturated carbocycles. The van der Waals surface area contributed by atoms with E-state index in [4.69, 9.17) is 4.84 Å². The summed E-state index contributed by atoms with van der Waals surface area (Å²) in [6.45, 7) is 6.45. The minimum atomic E-state index is -0.934. The summed E-state index contributed by atoms with van der Waals surface area (Å²) in [6.07, 6.45) is 15.2. The van der Waals surface area contributed by atoms with Gasteiger partial charge < -0.3 is 14.8 Å². The van der Waals surface area contributed by atoms with Gasteiger partial charge in [-0.3, -0.25) is 0 Å². The number of hydrogen-bond acceptors (Lipinski definition) is 4. The number of nitrogens with zero attached hydrogens (tertiary/aromatic N) is 2. The van der Waals surface area contributed by atoms with Crippen molar-refractivity contribution in [2.45, 2.75) is 77.2 Å². The first-order valence-electron chi connectivity index (χ1n) is 11.5. The molecule has 0 heterocycles. The molecule has 3 fully saturated rings. The maximum atomic E-state index is 11.1. The molecule has 158 valence electrons. The van der Waals surface area contributed by atoms with Crippen molar-refractivity contribution < 1.29 is 9.94 Å². The highest BCUT2D eigenvalue weighted by Gasteiger charge is 2.56. The quantitative estimate of drug-likeness (QED) is 0.323. The number of aliphatic hydroxyl groups is 1. The number of rotatable bonds is 5. The summed E-state index contributed by atoms with van der Waals surface area (Å²) >= 11 is 0. The van der Waals surface area contributed by atoms with Gasteiger partial charge in [-0.15, -0.1) is 0 Å². The molecule has 4 aliphatic rings. The van der Waals surface area contributed by atoms with Crippen LogP contribution in [-0.2, 0) is 4.84 Å². The van der Waals surface area contributed by atoms with Crippen molar-refractivity contribution in [1.29, 1.82) is 0 Å². The van der Waals surface area contributed by atoms with Gasteiger partial charge in [-0.1, -0.05) is 31.0 Å². The third-order valence-electron chi connectivity index (χ3n) is 8.97. The van der Waals surface area contributed by atoms with E-state index in [0.717, 1.165) is 43.6 Å². The second-order valence-corrected chi connectivity index (χ2v) is 10.9. The van der Waals surface area contributed by atoms with Crippen LogP contribution in [0.4, 0.5) is 0 Å². The van der Waals surface area contributed by atoms with Gasteiger partial charge in [0.1, 0.15) is 12.2 Å². The van der Waals surface area contributed by atoms with E-state index >= 15 is 0 Å². The normalized spacial score (nSPS) is 45.5. The number of allylic oxidation sites excluding steroid dienone is 1. The molecule has 6 atom stereocenters. The predicted octanol–water partition coefficient (Wildman–Crippen LogP) is 4.63. The maximum absolute atomic E-state index is 11.1. The van der Waals surface area contributed by atoms with E-state index in [1.54, 1.807) is 6.21 Å². The maximum Gasteiger partial charge on any atom is 0.129 e. The first-order valence-corrected chi connectivity index (χ1v) is 11.5. The van der Waals surface area contributed by atoms with E-state index in [-0.39, 0.29) is 5.41 Å². The molecule has 0 aromatic rings. The molecule has 4 heteroatoms. The lowest BCUT2D eigenvalue weighted by atomic mass is 9.47. The summed E-state index contributed by atoms with van der Waals surface area (Å²) < 4.78 is 0. The minimum absolute atomic E-state index is 0.276. The van der Waals surface area contributed by atoms with Crippen molar-refractivity contribution in [3.8, 4) is 0 Å². The van der Waals surface area contributed by atoms with Crippen LogP contribution in [0.3, 0.4) is 0 Å². The molecule has 0 unspecified atom stereocenters. The van der Waals surface area contributed by atoms with Gasteiger partial charge in [-0.05, 0) is 100 Å². The van der Waals surface area contributed by atoms with Crippen LogP contribution in [-0.4, -0.2) is 49.1 Å². The number of oxime groups is 1. The minimum Gasteiger partial charge on any atom is -0.395 e. The lowest BCUT2D eigenvalue weighted by Crippen LogP contribution is -2.51. The topological polar surface area (TPSA) is 45.1 Å². The Balaban J connectivity index is 1.47. The largest absolute Gasteiger partial charge is 0.395 e. The van der Waals surface area contributed by atoms with Crippen molar-refractivity contribution in [3.63, 3.8) is 0 Å². The van der Waals surface area contributed by atoms with E-state index in [2.05, 4.69) is 30.0 Å². The fourth-order valence-electron chi connectivity index (χ4n) is 7.24. The van der Waals surface area contributed by atoms with E-state index in [0.29, 0.717) is 12.0 Å². The lowest BCUT2D eigenvalue weighted by molar-refractivity contribution is -0.0444. The summed E-state index contributed by atoms with van der Waals surface area (Å²) in [6, 6.07) is 0. The smallest absolute Gasteiger partial charge is 0.129 e. The van der Waals surface area contributed by atoms with Crippen LogP contribution in [0, 0.1) is 28.6 Å². The molecule has 4 nitrogen and oxygen atoms in total. The molecular weight excluding hydrogens is 348 g/mol. The van der Waals surface area contributed by atoms with Gasteiger partial charge in [0.2, 0.25) is 0 Å². The van der Waals surface area contributed by atoms with Gasteiger partial charge >= 0.3 is 0 Å². The van der Waals surface area contributed by atoms with Gasteiger partial charge in [-0.25, -0.2) is 0 Å². The highest BCUT2D eigenvalue weighted by molar-refractivity contribution is 5.71. The predicted molar refractivity (Wildman–Crippen MR) is 114 cm³/mol. The van der Waals surface area contributed by atoms with E-state index in [9.17, 15) is 5.11 Å². The van der Waals surface area contributed by atoms with Crippen LogP contribution < -0.4 is 0 Å². The summed E-state index contributed by atoms with van der Waals surface area (Å²) in [5.74, 6) is 2.65. The summed E-state index contributed by atoms with van der Waals surface area (Å²) in [5, 5.41) is 15.2. The van der Waals surface area contributed by atoms with Gasteiger partial charge in [0.05, 0.1) is 6.21 Å². The second-order valence-electron chi connectivity index (χ2n) is 10.9.